The Labute approximate surface area is 123 Å². The summed E-state index contributed by atoms with van der Waals surface area (Å²) < 4.78 is 0. The topological polar surface area (TPSA) is 15.3 Å². The van der Waals surface area contributed by atoms with E-state index in [1.165, 1.54) is 56.6 Å². The maximum absolute atomic E-state index is 3.57. The molecule has 0 atom stereocenters. The monoisotopic (exact) mass is 282 g/mol. The molecule has 0 unspecified atom stereocenters. The van der Waals surface area contributed by atoms with E-state index in [2.05, 4.69) is 41.6 Å². The Morgan fingerprint density at radius 2 is 1.79 bits per heavy atom. The van der Waals surface area contributed by atoms with Crippen molar-refractivity contribution in [1.29, 1.82) is 0 Å². The van der Waals surface area contributed by atoms with Gasteiger partial charge in [0, 0.05) is 24.5 Å². The number of nitrogens with one attached hydrogen (secondary N) is 1. The van der Waals surface area contributed by atoms with Crippen LogP contribution in [-0.4, -0.2) is 37.6 Å². The van der Waals surface area contributed by atoms with E-state index in [1.807, 2.05) is 11.3 Å². The average molecular weight is 282 g/mol. The summed E-state index contributed by atoms with van der Waals surface area (Å²) in [5.74, 6) is 0. The van der Waals surface area contributed by atoms with Gasteiger partial charge in [0.25, 0.3) is 0 Å². The summed E-state index contributed by atoms with van der Waals surface area (Å²) in [6.07, 6.45) is 6.43. The second-order valence-electron chi connectivity index (χ2n) is 5.13. The van der Waals surface area contributed by atoms with Gasteiger partial charge in [-0.3, -0.25) is 0 Å². The zero-order chi connectivity index (χ0) is 13.8. The quantitative estimate of drug-likeness (QED) is 0.587. The van der Waals surface area contributed by atoms with Crippen LogP contribution >= 0.6 is 11.3 Å². The minimum absolute atomic E-state index is 1.11. The summed E-state index contributed by atoms with van der Waals surface area (Å²) in [6.45, 7) is 10.5. The molecule has 1 rings (SSSR count). The first kappa shape index (κ1) is 16.7. The van der Waals surface area contributed by atoms with Crippen LogP contribution in [0.15, 0.2) is 17.5 Å². The van der Waals surface area contributed by atoms with Gasteiger partial charge in [-0.15, -0.1) is 11.3 Å². The molecule has 0 radical (unpaired) electrons. The maximum atomic E-state index is 3.57. The maximum Gasteiger partial charge on any atom is 0.0107 e. The fourth-order valence-corrected chi connectivity index (χ4v) is 2.84. The summed E-state index contributed by atoms with van der Waals surface area (Å²) in [4.78, 5) is 4.10. The predicted octanol–water partition coefficient (Wildman–Crippen LogP) is 3.78. The minimum atomic E-state index is 1.11. The van der Waals surface area contributed by atoms with Gasteiger partial charge in [-0.05, 0) is 43.8 Å². The molecule has 2 nitrogen and oxygen atoms in total. The minimum Gasteiger partial charge on any atom is -0.315 e. The zero-order valence-electron chi connectivity index (χ0n) is 12.7. The molecule has 0 saturated heterocycles. The van der Waals surface area contributed by atoms with Gasteiger partial charge in [-0.25, -0.2) is 0 Å². The van der Waals surface area contributed by atoms with Gasteiger partial charge >= 0.3 is 0 Å². The third-order valence-electron chi connectivity index (χ3n) is 3.39. The predicted molar refractivity (Wildman–Crippen MR) is 87.1 cm³/mol. The van der Waals surface area contributed by atoms with Gasteiger partial charge in [-0.1, -0.05) is 32.8 Å². The van der Waals surface area contributed by atoms with Crippen molar-refractivity contribution >= 4 is 11.3 Å². The highest BCUT2D eigenvalue weighted by molar-refractivity contribution is 7.09. The lowest BCUT2D eigenvalue weighted by atomic mass is 10.2. The number of hydrogen-bond acceptors (Lipinski definition) is 3. The lowest BCUT2D eigenvalue weighted by molar-refractivity contribution is 0.265. The van der Waals surface area contributed by atoms with Gasteiger partial charge < -0.3 is 10.2 Å². The van der Waals surface area contributed by atoms with Crippen molar-refractivity contribution < 1.29 is 0 Å². The van der Waals surface area contributed by atoms with Gasteiger partial charge in [0.2, 0.25) is 0 Å². The molecule has 0 amide bonds. The first-order valence-electron chi connectivity index (χ1n) is 7.82. The highest BCUT2D eigenvalue weighted by Crippen LogP contribution is 2.07. The fourth-order valence-electron chi connectivity index (χ4n) is 2.13. The SMILES string of the molecule is CCCCN(CCCC)CCNCCc1cccs1. The molecular weight excluding hydrogens is 252 g/mol. The normalized spacial score (nSPS) is 11.3. The molecule has 1 aromatic heterocycles. The standard InChI is InChI=1S/C16H30N2S/c1-3-5-12-18(13-6-4-2)14-11-17-10-9-16-8-7-15-19-16/h7-8,15,17H,3-6,9-14H2,1-2H3. The Morgan fingerprint density at radius 1 is 1.05 bits per heavy atom. The first-order valence-corrected chi connectivity index (χ1v) is 8.70. The highest BCUT2D eigenvalue weighted by atomic mass is 32.1. The third-order valence-corrected chi connectivity index (χ3v) is 4.33. The van der Waals surface area contributed by atoms with Crippen LogP contribution in [0.2, 0.25) is 0 Å². The van der Waals surface area contributed by atoms with Crippen LogP contribution in [0.25, 0.3) is 0 Å². The van der Waals surface area contributed by atoms with Gasteiger partial charge in [-0.2, -0.15) is 0 Å². The Kier molecular flexibility index (Phi) is 10.0. The Balaban J connectivity index is 2.05. The summed E-state index contributed by atoms with van der Waals surface area (Å²) >= 11 is 1.86. The Bertz CT molecular complexity index is 277. The molecule has 1 N–H and O–H groups in total. The van der Waals surface area contributed by atoms with E-state index in [0.29, 0.717) is 0 Å². The second kappa shape index (κ2) is 11.4. The van der Waals surface area contributed by atoms with Crippen LogP contribution in [0.3, 0.4) is 0 Å². The molecule has 19 heavy (non-hydrogen) atoms. The van der Waals surface area contributed by atoms with Crippen LogP contribution in [0.1, 0.15) is 44.4 Å². The molecule has 1 aromatic rings. The number of rotatable bonds is 12. The number of thiophene rings is 1. The first-order chi connectivity index (χ1) is 9.36. The number of hydrogen-bond donors (Lipinski definition) is 1. The third kappa shape index (κ3) is 8.40. The molecule has 0 fully saturated rings. The fraction of sp³-hybridized carbons (Fsp3) is 0.750. The molecule has 0 spiro atoms. The van der Waals surface area contributed by atoms with Crippen molar-refractivity contribution in [3.8, 4) is 0 Å². The molecule has 0 bridgehead atoms. The van der Waals surface area contributed by atoms with Crippen molar-refractivity contribution in [1.82, 2.24) is 10.2 Å². The van der Waals surface area contributed by atoms with Gasteiger partial charge in [0.1, 0.15) is 0 Å². The van der Waals surface area contributed by atoms with Crippen LogP contribution in [0.4, 0.5) is 0 Å². The average Bonchev–Trinajstić information content (AvgIpc) is 2.93. The molecule has 0 aliphatic heterocycles. The van der Waals surface area contributed by atoms with E-state index in [-0.39, 0.29) is 0 Å². The lowest BCUT2D eigenvalue weighted by Crippen LogP contribution is -2.34. The highest BCUT2D eigenvalue weighted by Gasteiger charge is 2.03. The van der Waals surface area contributed by atoms with E-state index >= 15 is 0 Å². The molecule has 0 aromatic carbocycles. The van der Waals surface area contributed by atoms with E-state index in [4.69, 9.17) is 0 Å². The van der Waals surface area contributed by atoms with Crippen molar-refractivity contribution in [2.24, 2.45) is 0 Å². The number of unbranched alkanes of at least 4 members (excludes halogenated alkanes) is 2. The van der Waals surface area contributed by atoms with Crippen LogP contribution in [0.5, 0.6) is 0 Å². The molecular formula is C16H30N2S. The zero-order valence-corrected chi connectivity index (χ0v) is 13.5. The van der Waals surface area contributed by atoms with Gasteiger partial charge in [0.05, 0.1) is 0 Å². The molecule has 3 heteroatoms. The lowest BCUT2D eigenvalue weighted by Gasteiger charge is -2.22. The molecule has 0 aliphatic rings. The summed E-state index contributed by atoms with van der Waals surface area (Å²) in [7, 11) is 0. The summed E-state index contributed by atoms with van der Waals surface area (Å²) in [5.41, 5.74) is 0. The van der Waals surface area contributed by atoms with Crippen molar-refractivity contribution in [2.75, 3.05) is 32.7 Å². The smallest absolute Gasteiger partial charge is 0.0107 e. The van der Waals surface area contributed by atoms with E-state index in [9.17, 15) is 0 Å². The summed E-state index contributed by atoms with van der Waals surface area (Å²) in [5, 5.41) is 5.73. The van der Waals surface area contributed by atoms with Crippen molar-refractivity contribution in [2.45, 2.75) is 46.0 Å². The van der Waals surface area contributed by atoms with E-state index in [0.717, 1.165) is 13.1 Å². The van der Waals surface area contributed by atoms with E-state index < -0.39 is 0 Å². The number of nitrogens with zero attached hydrogens (tertiary/aromatic N) is 1. The molecule has 110 valence electrons. The molecule has 1 heterocycles. The largest absolute Gasteiger partial charge is 0.315 e. The second-order valence-corrected chi connectivity index (χ2v) is 6.16. The Hall–Kier alpha value is -0.380. The Morgan fingerprint density at radius 3 is 2.37 bits per heavy atom. The van der Waals surface area contributed by atoms with Crippen LogP contribution in [0, 0.1) is 0 Å². The molecule has 0 aliphatic carbocycles. The van der Waals surface area contributed by atoms with Crippen molar-refractivity contribution in [3.05, 3.63) is 22.4 Å². The molecule has 0 saturated carbocycles. The summed E-state index contributed by atoms with van der Waals surface area (Å²) in [6, 6.07) is 4.36. The van der Waals surface area contributed by atoms with Gasteiger partial charge in [0.15, 0.2) is 0 Å². The van der Waals surface area contributed by atoms with E-state index in [1.54, 1.807) is 0 Å². The van der Waals surface area contributed by atoms with Crippen LogP contribution in [-0.2, 0) is 6.42 Å². The van der Waals surface area contributed by atoms with Crippen molar-refractivity contribution in [3.63, 3.8) is 0 Å². The van der Waals surface area contributed by atoms with Crippen LogP contribution < -0.4 is 5.32 Å².